The summed E-state index contributed by atoms with van der Waals surface area (Å²) in [7, 11) is 0. The zero-order chi connectivity index (χ0) is 14.7. The molecule has 0 amide bonds. The van der Waals surface area contributed by atoms with E-state index in [2.05, 4.69) is 4.98 Å². The highest BCUT2D eigenvalue weighted by Crippen LogP contribution is 2.26. The zero-order valence-electron chi connectivity index (χ0n) is 11.1. The van der Waals surface area contributed by atoms with Crippen molar-refractivity contribution in [3.8, 4) is 5.75 Å². The quantitative estimate of drug-likeness (QED) is 0.860. The minimum Gasteiger partial charge on any atom is -0.461 e. The molecule has 2 aromatic rings. The lowest BCUT2D eigenvalue weighted by molar-refractivity contribution is -0.131. The number of nitrogens with one attached hydrogen (secondary N) is 1. The number of benzene rings is 1. The van der Waals surface area contributed by atoms with Crippen molar-refractivity contribution in [3.05, 3.63) is 40.3 Å². The minimum atomic E-state index is -0.744. The van der Waals surface area contributed by atoms with Crippen molar-refractivity contribution in [2.24, 2.45) is 0 Å². The smallest absolute Gasteiger partial charge is 0.358 e. The van der Waals surface area contributed by atoms with Gasteiger partial charge in [-0.15, -0.1) is 0 Å². The van der Waals surface area contributed by atoms with Gasteiger partial charge >= 0.3 is 11.9 Å². The summed E-state index contributed by atoms with van der Waals surface area (Å²) in [4.78, 5) is 37.4. The number of rotatable bonds is 3. The van der Waals surface area contributed by atoms with Crippen molar-refractivity contribution in [2.45, 2.75) is 13.8 Å². The van der Waals surface area contributed by atoms with Crippen LogP contribution in [-0.2, 0) is 9.53 Å². The van der Waals surface area contributed by atoms with Crippen LogP contribution in [0.15, 0.2) is 29.1 Å². The summed E-state index contributed by atoms with van der Waals surface area (Å²) < 4.78 is 9.92. The van der Waals surface area contributed by atoms with Crippen LogP contribution in [0, 0.1) is 0 Å². The molecule has 0 unspecified atom stereocenters. The highest BCUT2D eigenvalue weighted by Gasteiger charge is 2.20. The van der Waals surface area contributed by atoms with E-state index in [4.69, 9.17) is 9.47 Å². The highest BCUT2D eigenvalue weighted by molar-refractivity contribution is 6.00. The molecule has 0 aliphatic carbocycles. The summed E-state index contributed by atoms with van der Waals surface area (Å²) in [6.45, 7) is 3.00. The van der Waals surface area contributed by atoms with Crippen LogP contribution < -0.4 is 10.3 Å². The summed E-state index contributed by atoms with van der Waals surface area (Å²) in [5, 5.41) is 0.714. The lowest BCUT2D eigenvalue weighted by atomic mass is 10.1. The van der Waals surface area contributed by atoms with Gasteiger partial charge in [0.15, 0.2) is 11.4 Å². The van der Waals surface area contributed by atoms with E-state index in [9.17, 15) is 14.4 Å². The van der Waals surface area contributed by atoms with Crippen molar-refractivity contribution < 1.29 is 19.1 Å². The zero-order valence-corrected chi connectivity index (χ0v) is 11.1. The van der Waals surface area contributed by atoms with Crippen LogP contribution in [0.1, 0.15) is 24.3 Å². The molecule has 104 valence electrons. The monoisotopic (exact) mass is 275 g/mol. The van der Waals surface area contributed by atoms with Crippen molar-refractivity contribution in [2.75, 3.05) is 6.61 Å². The molecular formula is C14H13NO5. The number of carbonyl (C=O) groups excluding carboxylic acids is 2. The Morgan fingerprint density at radius 3 is 2.45 bits per heavy atom. The second kappa shape index (κ2) is 5.56. The van der Waals surface area contributed by atoms with E-state index in [1.54, 1.807) is 31.2 Å². The third-order valence-corrected chi connectivity index (χ3v) is 2.61. The van der Waals surface area contributed by atoms with Crippen LogP contribution in [0.4, 0.5) is 0 Å². The molecule has 0 saturated heterocycles. The first-order valence-corrected chi connectivity index (χ1v) is 6.05. The summed E-state index contributed by atoms with van der Waals surface area (Å²) in [5.74, 6) is -1.33. The van der Waals surface area contributed by atoms with Gasteiger partial charge in [-0.25, -0.2) is 4.79 Å². The van der Waals surface area contributed by atoms with E-state index in [1.807, 2.05) is 0 Å². The summed E-state index contributed by atoms with van der Waals surface area (Å²) in [5.41, 5.74) is -0.606. The Labute approximate surface area is 114 Å². The molecule has 0 atom stereocenters. The first kappa shape index (κ1) is 13.8. The molecule has 0 aliphatic rings. The molecule has 6 heteroatoms. The first-order valence-electron chi connectivity index (χ1n) is 6.05. The van der Waals surface area contributed by atoms with E-state index in [0.717, 1.165) is 0 Å². The Hall–Kier alpha value is -2.63. The summed E-state index contributed by atoms with van der Waals surface area (Å²) >= 11 is 0. The Kier molecular flexibility index (Phi) is 3.84. The number of fused-ring (bicyclic) bond motifs is 1. The number of hydrogen-bond acceptors (Lipinski definition) is 5. The van der Waals surface area contributed by atoms with Gasteiger partial charge in [-0.05, 0) is 13.0 Å². The predicted molar refractivity (Wildman–Crippen MR) is 71.8 cm³/mol. The Morgan fingerprint density at radius 2 is 1.85 bits per heavy atom. The van der Waals surface area contributed by atoms with Gasteiger partial charge in [-0.1, -0.05) is 18.2 Å². The van der Waals surface area contributed by atoms with Gasteiger partial charge in [-0.2, -0.15) is 0 Å². The van der Waals surface area contributed by atoms with Crippen molar-refractivity contribution in [1.82, 2.24) is 4.98 Å². The number of carbonyl (C=O) groups is 2. The van der Waals surface area contributed by atoms with E-state index in [-0.39, 0.29) is 18.1 Å². The van der Waals surface area contributed by atoms with E-state index in [1.165, 1.54) is 6.92 Å². The molecule has 0 fully saturated rings. The lowest BCUT2D eigenvalue weighted by Gasteiger charge is -2.10. The fourth-order valence-electron chi connectivity index (χ4n) is 1.85. The number of esters is 2. The van der Waals surface area contributed by atoms with E-state index >= 15 is 0 Å². The molecular weight excluding hydrogens is 262 g/mol. The fourth-order valence-corrected chi connectivity index (χ4v) is 1.85. The van der Waals surface area contributed by atoms with Gasteiger partial charge in [0.1, 0.15) is 0 Å². The molecule has 1 N–H and O–H groups in total. The lowest BCUT2D eigenvalue weighted by Crippen LogP contribution is -2.19. The van der Waals surface area contributed by atoms with Crippen LogP contribution >= 0.6 is 0 Å². The third-order valence-electron chi connectivity index (χ3n) is 2.61. The van der Waals surface area contributed by atoms with Crippen LogP contribution in [0.3, 0.4) is 0 Å². The molecule has 1 aromatic carbocycles. The SMILES string of the molecule is CCOC(=O)c1[nH]c(=O)c2ccccc2c1OC(C)=O. The van der Waals surface area contributed by atoms with Crippen LogP contribution in [0.25, 0.3) is 10.8 Å². The molecule has 20 heavy (non-hydrogen) atoms. The van der Waals surface area contributed by atoms with Crippen molar-refractivity contribution in [3.63, 3.8) is 0 Å². The molecule has 1 heterocycles. The molecule has 0 aliphatic heterocycles. The van der Waals surface area contributed by atoms with Gasteiger partial charge in [0, 0.05) is 12.3 Å². The molecule has 0 radical (unpaired) electrons. The van der Waals surface area contributed by atoms with Crippen LogP contribution in [-0.4, -0.2) is 23.5 Å². The van der Waals surface area contributed by atoms with Gasteiger partial charge in [0.2, 0.25) is 0 Å². The second-order valence-corrected chi connectivity index (χ2v) is 4.02. The van der Waals surface area contributed by atoms with Gasteiger partial charge in [0.05, 0.1) is 12.0 Å². The standard InChI is InChI=1S/C14H13NO5/c1-3-19-14(18)11-12(20-8(2)16)9-6-4-5-7-10(9)13(17)15-11/h4-7H,3H2,1-2H3,(H,15,17). The molecule has 2 rings (SSSR count). The number of aromatic amines is 1. The first-order chi connectivity index (χ1) is 9.54. The Balaban J connectivity index is 2.75. The van der Waals surface area contributed by atoms with E-state index < -0.39 is 17.5 Å². The number of ether oxygens (including phenoxy) is 2. The van der Waals surface area contributed by atoms with Crippen molar-refractivity contribution in [1.29, 1.82) is 0 Å². The molecule has 0 bridgehead atoms. The topological polar surface area (TPSA) is 85.5 Å². The fraction of sp³-hybridized carbons (Fsp3) is 0.214. The Bertz CT molecular complexity index is 732. The molecule has 0 spiro atoms. The number of pyridine rings is 1. The largest absolute Gasteiger partial charge is 0.461 e. The van der Waals surface area contributed by atoms with Crippen LogP contribution in [0.2, 0.25) is 0 Å². The Morgan fingerprint density at radius 1 is 1.20 bits per heavy atom. The number of aromatic nitrogens is 1. The maximum atomic E-state index is 11.9. The maximum absolute atomic E-state index is 11.9. The third kappa shape index (κ3) is 2.54. The average molecular weight is 275 g/mol. The van der Waals surface area contributed by atoms with E-state index in [0.29, 0.717) is 10.8 Å². The summed E-state index contributed by atoms with van der Waals surface area (Å²) in [6, 6.07) is 6.55. The molecule has 0 saturated carbocycles. The average Bonchev–Trinajstić information content (AvgIpc) is 2.41. The van der Waals surface area contributed by atoms with Crippen molar-refractivity contribution >= 4 is 22.7 Å². The number of hydrogen-bond donors (Lipinski definition) is 1. The van der Waals surface area contributed by atoms with Gasteiger partial charge in [-0.3, -0.25) is 9.59 Å². The maximum Gasteiger partial charge on any atom is 0.358 e. The predicted octanol–water partition coefficient (Wildman–Crippen LogP) is 1.63. The minimum absolute atomic E-state index is 0.00569. The summed E-state index contributed by atoms with van der Waals surface area (Å²) in [6.07, 6.45) is 0. The van der Waals surface area contributed by atoms with Crippen LogP contribution in [0.5, 0.6) is 5.75 Å². The van der Waals surface area contributed by atoms with Gasteiger partial charge in [0.25, 0.3) is 5.56 Å². The van der Waals surface area contributed by atoms with Gasteiger partial charge < -0.3 is 14.5 Å². The number of H-pyrrole nitrogens is 1. The second-order valence-electron chi connectivity index (χ2n) is 4.02. The highest BCUT2D eigenvalue weighted by atomic mass is 16.5. The molecule has 1 aromatic heterocycles. The normalized spacial score (nSPS) is 10.3. The molecule has 6 nitrogen and oxygen atoms in total.